The van der Waals surface area contributed by atoms with Gasteiger partial charge < -0.3 is 15.2 Å². The Kier molecular flexibility index (Phi) is 2.56. The van der Waals surface area contributed by atoms with Crippen molar-refractivity contribution in [3.05, 3.63) is 28.9 Å². The molecule has 2 aromatic heterocycles. The third-order valence-electron chi connectivity index (χ3n) is 3.82. The van der Waals surface area contributed by atoms with Gasteiger partial charge >= 0.3 is 0 Å². The van der Waals surface area contributed by atoms with Crippen LogP contribution in [0.1, 0.15) is 10.4 Å². The van der Waals surface area contributed by atoms with Gasteiger partial charge in [-0.3, -0.25) is 0 Å². The van der Waals surface area contributed by atoms with E-state index in [1.807, 2.05) is 12.1 Å². The molecule has 3 aromatic rings. The van der Waals surface area contributed by atoms with E-state index in [4.69, 9.17) is 15.2 Å². The van der Waals surface area contributed by atoms with Crippen molar-refractivity contribution in [3.8, 4) is 22.6 Å². The molecule has 21 heavy (non-hydrogen) atoms. The summed E-state index contributed by atoms with van der Waals surface area (Å²) in [5.41, 5.74) is 9.56. The number of aromatic nitrogens is 2. The van der Waals surface area contributed by atoms with Crippen molar-refractivity contribution < 1.29 is 9.47 Å². The van der Waals surface area contributed by atoms with Gasteiger partial charge in [-0.25, -0.2) is 9.97 Å². The second-order valence-corrected chi connectivity index (χ2v) is 5.96. The first kappa shape index (κ1) is 12.4. The van der Waals surface area contributed by atoms with Crippen LogP contribution in [-0.2, 0) is 6.42 Å². The van der Waals surface area contributed by atoms with E-state index in [0.717, 1.165) is 39.3 Å². The van der Waals surface area contributed by atoms with Gasteiger partial charge in [-0.2, -0.15) is 0 Å². The lowest BCUT2D eigenvalue weighted by Crippen LogP contribution is -1.94. The highest BCUT2D eigenvalue weighted by Crippen LogP contribution is 2.49. The van der Waals surface area contributed by atoms with Crippen LogP contribution >= 0.6 is 11.3 Å². The normalized spacial score (nSPS) is 12.3. The third-order valence-corrected chi connectivity index (χ3v) is 4.92. The fraction of sp³-hybridized carbons (Fsp3) is 0.200. The lowest BCUT2D eigenvalue weighted by Gasteiger charge is -2.10. The van der Waals surface area contributed by atoms with E-state index in [-0.39, 0.29) is 0 Å². The molecule has 0 spiro atoms. The Labute approximate surface area is 125 Å². The predicted octanol–water partition coefficient (Wildman–Crippen LogP) is 2.86. The zero-order chi connectivity index (χ0) is 14.6. The molecule has 0 aliphatic heterocycles. The van der Waals surface area contributed by atoms with Crippen molar-refractivity contribution in [1.82, 2.24) is 9.97 Å². The lowest BCUT2D eigenvalue weighted by atomic mass is 10.0. The molecule has 0 bridgehead atoms. The summed E-state index contributed by atoms with van der Waals surface area (Å²) < 4.78 is 10.8. The number of nitrogens with two attached hydrogens (primary N) is 1. The van der Waals surface area contributed by atoms with Gasteiger partial charge in [-0.15, -0.1) is 11.3 Å². The van der Waals surface area contributed by atoms with Crippen LogP contribution in [0.5, 0.6) is 11.5 Å². The number of ether oxygens (including phenoxy) is 2. The molecule has 0 amide bonds. The van der Waals surface area contributed by atoms with E-state index in [2.05, 4.69) is 9.97 Å². The average Bonchev–Trinajstić information content (AvgIpc) is 3.01. The van der Waals surface area contributed by atoms with E-state index in [1.54, 1.807) is 25.6 Å². The maximum absolute atomic E-state index is 6.06. The SMILES string of the molecule is COc1cc2c(cc1OC)-c1c(sc3ncnc(N)c13)C2. The maximum atomic E-state index is 6.06. The monoisotopic (exact) mass is 299 g/mol. The number of methoxy groups -OCH3 is 2. The molecule has 1 aliphatic carbocycles. The van der Waals surface area contributed by atoms with Crippen molar-refractivity contribution in [1.29, 1.82) is 0 Å². The molecule has 0 saturated heterocycles. The van der Waals surface area contributed by atoms with Crippen LogP contribution in [0.4, 0.5) is 5.82 Å². The summed E-state index contributed by atoms with van der Waals surface area (Å²) in [6, 6.07) is 4.05. The summed E-state index contributed by atoms with van der Waals surface area (Å²) in [7, 11) is 3.29. The average molecular weight is 299 g/mol. The molecule has 1 aliphatic rings. The minimum Gasteiger partial charge on any atom is -0.493 e. The first-order chi connectivity index (χ1) is 10.2. The second-order valence-electron chi connectivity index (χ2n) is 4.88. The Morgan fingerprint density at radius 3 is 2.67 bits per heavy atom. The van der Waals surface area contributed by atoms with E-state index in [0.29, 0.717) is 5.82 Å². The van der Waals surface area contributed by atoms with Gasteiger partial charge in [0.1, 0.15) is 17.0 Å². The number of nitrogens with zero attached hydrogens (tertiary/aromatic N) is 2. The van der Waals surface area contributed by atoms with Crippen LogP contribution in [0.15, 0.2) is 18.5 Å². The Balaban J connectivity index is 2.04. The highest BCUT2D eigenvalue weighted by Gasteiger charge is 2.27. The molecule has 5 nitrogen and oxygen atoms in total. The zero-order valence-corrected chi connectivity index (χ0v) is 12.5. The molecular weight excluding hydrogens is 286 g/mol. The molecule has 0 radical (unpaired) electrons. The zero-order valence-electron chi connectivity index (χ0n) is 11.6. The molecule has 4 rings (SSSR count). The van der Waals surface area contributed by atoms with Crippen molar-refractivity contribution in [2.75, 3.05) is 20.0 Å². The number of thiophene rings is 1. The Morgan fingerprint density at radius 1 is 1.14 bits per heavy atom. The maximum Gasteiger partial charge on any atom is 0.161 e. The number of rotatable bonds is 2. The fourth-order valence-electron chi connectivity index (χ4n) is 2.88. The quantitative estimate of drug-likeness (QED) is 0.616. The van der Waals surface area contributed by atoms with Crippen LogP contribution in [0.2, 0.25) is 0 Å². The molecule has 0 atom stereocenters. The topological polar surface area (TPSA) is 70.3 Å². The molecule has 0 unspecified atom stereocenters. The highest BCUT2D eigenvalue weighted by atomic mass is 32.1. The molecule has 106 valence electrons. The summed E-state index contributed by atoms with van der Waals surface area (Å²) in [5, 5.41) is 0.948. The summed E-state index contributed by atoms with van der Waals surface area (Å²) in [5.74, 6) is 2.00. The van der Waals surface area contributed by atoms with E-state index in [1.165, 1.54) is 16.8 Å². The molecular formula is C15H13N3O2S. The van der Waals surface area contributed by atoms with Crippen molar-refractivity contribution >= 4 is 27.4 Å². The predicted molar refractivity (Wildman–Crippen MR) is 83.2 cm³/mol. The van der Waals surface area contributed by atoms with Crippen LogP contribution < -0.4 is 15.2 Å². The number of nitrogen functional groups attached to an aromatic ring is 1. The molecule has 1 aromatic carbocycles. The van der Waals surface area contributed by atoms with Gasteiger partial charge in [0.25, 0.3) is 0 Å². The minimum atomic E-state index is 0.528. The van der Waals surface area contributed by atoms with Crippen molar-refractivity contribution in [2.45, 2.75) is 6.42 Å². The smallest absolute Gasteiger partial charge is 0.161 e. The molecule has 2 heterocycles. The number of hydrogen-bond acceptors (Lipinski definition) is 6. The third kappa shape index (κ3) is 1.62. The van der Waals surface area contributed by atoms with E-state index < -0.39 is 0 Å². The lowest BCUT2D eigenvalue weighted by molar-refractivity contribution is 0.355. The Bertz CT molecular complexity index is 873. The van der Waals surface area contributed by atoms with Gasteiger partial charge in [0.05, 0.1) is 19.6 Å². The van der Waals surface area contributed by atoms with Crippen LogP contribution in [0.25, 0.3) is 21.3 Å². The fourth-order valence-corrected chi connectivity index (χ4v) is 4.07. The van der Waals surface area contributed by atoms with Gasteiger partial charge in [0.2, 0.25) is 0 Å². The summed E-state index contributed by atoms with van der Waals surface area (Å²) >= 11 is 1.67. The summed E-state index contributed by atoms with van der Waals surface area (Å²) in [6.45, 7) is 0. The first-order valence-electron chi connectivity index (χ1n) is 6.50. The van der Waals surface area contributed by atoms with E-state index in [9.17, 15) is 0 Å². The molecule has 6 heteroatoms. The van der Waals surface area contributed by atoms with Gasteiger partial charge in [-0.1, -0.05) is 0 Å². The summed E-state index contributed by atoms with van der Waals surface area (Å²) in [6.07, 6.45) is 2.38. The molecule has 0 fully saturated rings. The number of fused-ring (bicyclic) bond motifs is 5. The van der Waals surface area contributed by atoms with Crippen LogP contribution in [0, 0.1) is 0 Å². The van der Waals surface area contributed by atoms with Gasteiger partial charge in [0.15, 0.2) is 11.5 Å². The van der Waals surface area contributed by atoms with E-state index >= 15 is 0 Å². The largest absolute Gasteiger partial charge is 0.493 e. The Hall–Kier alpha value is -2.34. The van der Waals surface area contributed by atoms with Gasteiger partial charge in [-0.05, 0) is 23.3 Å². The minimum absolute atomic E-state index is 0.528. The molecule has 2 N–H and O–H groups in total. The number of hydrogen-bond donors (Lipinski definition) is 1. The van der Waals surface area contributed by atoms with Crippen LogP contribution in [0.3, 0.4) is 0 Å². The Morgan fingerprint density at radius 2 is 1.90 bits per heavy atom. The van der Waals surface area contributed by atoms with Crippen molar-refractivity contribution in [2.24, 2.45) is 0 Å². The number of benzene rings is 1. The van der Waals surface area contributed by atoms with Crippen LogP contribution in [-0.4, -0.2) is 24.2 Å². The highest BCUT2D eigenvalue weighted by molar-refractivity contribution is 7.19. The van der Waals surface area contributed by atoms with Gasteiger partial charge in [0, 0.05) is 16.9 Å². The standard InChI is InChI=1S/C15H13N3O2S/c1-19-9-3-7-4-11-12(8(7)5-10(9)20-2)13-14(16)17-6-18-15(13)21-11/h3,5-6H,4H2,1-2H3,(H2,16,17,18). The number of anilines is 1. The summed E-state index contributed by atoms with van der Waals surface area (Å²) in [4.78, 5) is 10.7. The second kappa shape index (κ2) is 4.33. The molecule has 0 saturated carbocycles. The first-order valence-corrected chi connectivity index (χ1v) is 7.31. The van der Waals surface area contributed by atoms with Crippen molar-refractivity contribution in [3.63, 3.8) is 0 Å².